The molecule has 2 aromatic rings. The lowest BCUT2D eigenvalue weighted by atomic mass is 10.1. The maximum Gasteiger partial charge on any atom is 0.0933 e. The quantitative estimate of drug-likeness (QED) is 0.499. The van der Waals surface area contributed by atoms with Crippen LogP contribution in [-0.2, 0) is 0 Å². The Morgan fingerprint density at radius 3 is 1.53 bits per heavy atom. The van der Waals surface area contributed by atoms with E-state index in [4.69, 9.17) is 22.2 Å². The Balaban J connectivity index is 2.42. The highest BCUT2D eigenvalue weighted by atomic mass is 35.7. The molecule has 3 rings (SSSR count). The summed E-state index contributed by atoms with van der Waals surface area (Å²) in [6.45, 7) is -2.44. The molecule has 0 amide bonds. The van der Waals surface area contributed by atoms with Gasteiger partial charge in [-0.15, -0.1) is 10.4 Å². The van der Waals surface area contributed by atoms with Gasteiger partial charge in [0.1, 0.15) is 0 Å². The lowest BCUT2D eigenvalue weighted by molar-refractivity contribution is 1.71. The predicted molar refractivity (Wildman–Crippen MR) is 68.6 cm³/mol. The normalized spacial score (nSPS) is 15.9. The number of hydrogen-bond donors (Lipinski definition) is 0. The molecule has 2 aromatic carbocycles. The van der Waals surface area contributed by atoms with E-state index in [0.29, 0.717) is 0 Å². The van der Waals surface area contributed by atoms with E-state index >= 15 is 0 Å². The summed E-state index contributed by atoms with van der Waals surface area (Å²) < 4.78 is 0. The van der Waals surface area contributed by atoms with E-state index in [0.717, 1.165) is 10.4 Å². The molecular formula is C12H8Cl2Si-. The Hall–Kier alpha value is -0.763. The van der Waals surface area contributed by atoms with Gasteiger partial charge < -0.3 is 22.2 Å². The fraction of sp³-hybridized carbons (Fsp3) is 0. The summed E-state index contributed by atoms with van der Waals surface area (Å²) in [5, 5.41) is 2.24. The first-order valence-electron chi connectivity index (χ1n) is 4.78. The van der Waals surface area contributed by atoms with Crippen LogP contribution in [0.2, 0.25) is 0 Å². The molecule has 75 valence electrons. The monoisotopic (exact) mass is 250 g/mol. The minimum atomic E-state index is -2.44. The molecule has 1 aliphatic heterocycles. The van der Waals surface area contributed by atoms with E-state index in [2.05, 4.69) is 12.1 Å². The van der Waals surface area contributed by atoms with Crippen LogP contribution in [0.5, 0.6) is 0 Å². The molecule has 0 saturated heterocycles. The summed E-state index contributed by atoms with van der Waals surface area (Å²) in [4.78, 5) is 0. The average Bonchev–Trinajstić information content (AvgIpc) is 2.51. The Kier molecular flexibility index (Phi) is 1.96. The van der Waals surface area contributed by atoms with Crippen molar-refractivity contribution >= 4 is 39.2 Å². The molecule has 0 unspecified atom stereocenters. The molecule has 0 fully saturated rings. The molecular weight excluding hydrogens is 243 g/mol. The van der Waals surface area contributed by atoms with Crippen LogP contribution in [0.15, 0.2) is 48.5 Å². The zero-order chi connectivity index (χ0) is 10.5. The maximum absolute atomic E-state index is 6.53. The Morgan fingerprint density at radius 1 is 0.667 bits per heavy atom. The van der Waals surface area contributed by atoms with Gasteiger partial charge in [-0.05, 0) is 11.1 Å². The van der Waals surface area contributed by atoms with Crippen LogP contribution < -0.4 is 10.4 Å². The molecule has 1 heterocycles. The summed E-state index contributed by atoms with van der Waals surface area (Å²) >= 11 is 13.1. The average molecular weight is 251 g/mol. The fourth-order valence-electron chi connectivity index (χ4n) is 2.13. The highest BCUT2D eigenvalue weighted by molar-refractivity contribution is 7.57. The Morgan fingerprint density at radius 2 is 1.07 bits per heavy atom. The maximum atomic E-state index is 6.53. The third-order valence-corrected chi connectivity index (χ3v) is 7.49. The van der Waals surface area contributed by atoms with Crippen LogP contribution in [-0.4, -0.2) is 6.69 Å². The van der Waals surface area contributed by atoms with Crippen molar-refractivity contribution < 1.29 is 0 Å². The first-order valence-corrected chi connectivity index (χ1v) is 8.81. The van der Waals surface area contributed by atoms with Crippen molar-refractivity contribution in [2.45, 2.75) is 0 Å². The van der Waals surface area contributed by atoms with Gasteiger partial charge in [-0.3, -0.25) is 0 Å². The molecule has 0 saturated carbocycles. The van der Waals surface area contributed by atoms with Gasteiger partial charge in [0, 0.05) is 0 Å². The number of hydrogen-bond acceptors (Lipinski definition) is 0. The number of benzene rings is 2. The molecule has 0 atom stereocenters. The van der Waals surface area contributed by atoms with E-state index in [1.165, 1.54) is 11.1 Å². The third kappa shape index (κ3) is 1.21. The van der Waals surface area contributed by atoms with Gasteiger partial charge in [-0.25, -0.2) is 0 Å². The van der Waals surface area contributed by atoms with Crippen LogP contribution in [0.25, 0.3) is 11.1 Å². The fourth-order valence-corrected chi connectivity index (χ4v) is 6.12. The summed E-state index contributed by atoms with van der Waals surface area (Å²) in [7, 11) is 0. The van der Waals surface area contributed by atoms with Crippen molar-refractivity contribution in [1.82, 2.24) is 0 Å². The summed E-state index contributed by atoms with van der Waals surface area (Å²) in [5.74, 6) is 0. The van der Waals surface area contributed by atoms with Gasteiger partial charge in [0.25, 0.3) is 0 Å². The van der Waals surface area contributed by atoms with Gasteiger partial charge in [0.15, 0.2) is 0 Å². The standard InChI is InChI=1S/C12H8Cl2Si/c13-15(14)11-7-3-1-5-9(11)10-6-2-4-8-12(10)15/h1-8H/q-1. The van der Waals surface area contributed by atoms with Crippen molar-refractivity contribution in [2.24, 2.45) is 0 Å². The van der Waals surface area contributed by atoms with Crippen molar-refractivity contribution in [2.75, 3.05) is 0 Å². The lowest BCUT2D eigenvalue weighted by Gasteiger charge is -2.26. The van der Waals surface area contributed by atoms with Gasteiger partial charge in [-0.1, -0.05) is 48.5 Å². The second-order valence-electron chi connectivity index (χ2n) is 3.67. The third-order valence-electron chi connectivity index (χ3n) is 2.82. The molecule has 0 spiro atoms. The highest BCUT2D eigenvalue weighted by Gasteiger charge is 2.29. The van der Waals surface area contributed by atoms with E-state index < -0.39 is 6.69 Å². The minimum Gasteiger partial charge on any atom is -0.325 e. The SMILES string of the molecule is Cl[Si-]1(Cl)c2ccccc2-c2ccccc21. The highest BCUT2D eigenvalue weighted by Crippen LogP contribution is 2.31. The van der Waals surface area contributed by atoms with Crippen LogP contribution in [0, 0.1) is 0 Å². The second-order valence-corrected chi connectivity index (χ2v) is 9.87. The minimum absolute atomic E-state index is 1.12. The summed E-state index contributed by atoms with van der Waals surface area (Å²) in [6.07, 6.45) is 0. The molecule has 0 aliphatic carbocycles. The Labute approximate surface area is 98.9 Å². The zero-order valence-electron chi connectivity index (χ0n) is 7.87. The van der Waals surface area contributed by atoms with Crippen LogP contribution in [0.4, 0.5) is 0 Å². The molecule has 15 heavy (non-hydrogen) atoms. The molecule has 0 radical (unpaired) electrons. The van der Waals surface area contributed by atoms with Crippen LogP contribution >= 0.6 is 22.2 Å². The molecule has 0 aromatic heterocycles. The lowest BCUT2D eigenvalue weighted by Crippen LogP contribution is -2.44. The molecule has 0 bridgehead atoms. The van der Waals surface area contributed by atoms with E-state index in [1.807, 2.05) is 36.4 Å². The van der Waals surface area contributed by atoms with Gasteiger partial charge in [0.05, 0.1) is 6.69 Å². The first kappa shape index (κ1) is 9.46. The second kappa shape index (κ2) is 3.11. The van der Waals surface area contributed by atoms with Crippen molar-refractivity contribution in [3.63, 3.8) is 0 Å². The van der Waals surface area contributed by atoms with E-state index in [1.54, 1.807) is 0 Å². The smallest absolute Gasteiger partial charge is 0.0933 e. The van der Waals surface area contributed by atoms with Crippen molar-refractivity contribution in [1.29, 1.82) is 0 Å². The van der Waals surface area contributed by atoms with E-state index in [9.17, 15) is 0 Å². The summed E-state index contributed by atoms with van der Waals surface area (Å²) in [5.41, 5.74) is 2.40. The van der Waals surface area contributed by atoms with Gasteiger partial charge >= 0.3 is 0 Å². The Bertz CT molecular complexity index is 487. The van der Waals surface area contributed by atoms with Gasteiger partial charge in [0.2, 0.25) is 0 Å². The number of rotatable bonds is 0. The largest absolute Gasteiger partial charge is 0.325 e. The summed E-state index contributed by atoms with van der Waals surface area (Å²) in [6, 6.07) is 16.3. The topological polar surface area (TPSA) is 0 Å². The van der Waals surface area contributed by atoms with Crippen molar-refractivity contribution in [3.05, 3.63) is 48.5 Å². The first-order chi connectivity index (χ1) is 7.21. The number of fused-ring (bicyclic) bond motifs is 3. The molecule has 0 N–H and O–H groups in total. The molecule has 3 heteroatoms. The van der Waals surface area contributed by atoms with E-state index in [-0.39, 0.29) is 0 Å². The predicted octanol–water partition coefficient (Wildman–Crippen LogP) is 2.70. The molecule has 0 nitrogen and oxygen atoms in total. The van der Waals surface area contributed by atoms with Gasteiger partial charge in [-0.2, -0.15) is 0 Å². The zero-order valence-corrected chi connectivity index (χ0v) is 10.4. The van der Waals surface area contributed by atoms with Crippen molar-refractivity contribution in [3.8, 4) is 11.1 Å². The number of halogens is 2. The molecule has 1 aliphatic rings. The van der Waals surface area contributed by atoms with Crippen LogP contribution in [0.3, 0.4) is 0 Å². The van der Waals surface area contributed by atoms with Crippen LogP contribution in [0.1, 0.15) is 0 Å².